The zero-order valence-electron chi connectivity index (χ0n) is 15.1. The van der Waals surface area contributed by atoms with Gasteiger partial charge < -0.3 is 10.2 Å². The number of carbonyl (C=O) groups is 1. The Kier molecular flexibility index (Phi) is 4.89. The Balaban J connectivity index is 1.46. The minimum atomic E-state index is -3.72. The quantitative estimate of drug-likeness (QED) is 0.851. The van der Waals surface area contributed by atoms with Gasteiger partial charge in [-0.15, -0.1) is 4.40 Å². The Labute approximate surface area is 163 Å². The molecule has 28 heavy (non-hydrogen) atoms. The lowest BCUT2D eigenvalue weighted by Crippen LogP contribution is -2.46. The number of fused-ring (bicyclic) bond motifs is 1. The van der Waals surface area contributed by atoms with E-state index in [9.17, 15) is 17.6 Å². The molecule has 0 bridgehead atoms. The third-order valence-electron chi connectivity index (χ3n) is 5.04. The van der Waals surface area contributed by atoms with Crippen LogP contribution in [-0.4, -0.2) is 44.2 Å². The van der Waals surface area contributed by atoms with Crippen LogP contribution in [0.2, 0.25) is 0 Å². The lowest BCUT2D eigenvalue weighted by Gasteiger charge is -2.25. The van der Waals surface area contributed by atoms with Crippen molar-refractivity contribution in [2.75, 3.05) is 13.1 Å². The smallest absolute Gasteiger partial charge is 0.285 e. The van der Waals surface area contributed by atoms with Gasteiger partial charge in [-0.05, 0) is 49.1 Å². The number of amides is 1. The standard InChI is InChI=1S/C20H20FN3O3S/c21-15-6-3-5-14(13-15)10-11-22-20(25)17-8-4-12-24(17)19-16-7-1-2-9-18(16)28(26,27)23-19/h1-3,5-7,9,13,17H,4,8,10-12H2,(H,22,25)/t17-/m0/s1. The van der Waals surface area contributed by atoms with Gasteiger partial charge in [0.05, 0.1) is 0 Å². The molecule has 0 aromatic heterocycles. The van der Waals surface area contributed by atoms with Gasteiger partial charge in [-0.25, -0.2) is 4.39 Å². The van der Waals surface area contributed by atoms with Gasteiger partial charge in [0.1, 0.15) is 16.8 Å². The van der Waals surface area contributed by atoms with E-state index < -0.39 is 16.1 Å². The van der Waals surface area contributed by atoms with Gasteiger partial charge in [0.2, 0.25) is 5.91 Å². The van der Waals surface area contributed by atoms with E-state index in [2.05, 4.69) is 9.71 Å². The Morgan fingerprint density at radius 1 is 1.21 bits per heavy atom. The Hall–Kier alpha value is -2.74. The summed E-state index contributed by atoms with van der Waals surface area (Å²) in [7, 11) is -3.72. The number of hydrogen-bond acceptors (Lipinski definition) is 4. The number of benzene rings is 2. The molecule has 146 valence electrons. The predicted octanol–water partition coefficient (Wildman–Crippen LogP) is 2.10. The van der Waals surface area contributed by atoms with Crippen molar-refractivity contribution in [1.29, 1.82) is 0 Å². The maximum absolute atomic E-state index is 13.3. The van der Waals surface area contributed by atoms with Gasteiger partial charge in [0, 0.05) is 18.7 Å². The number of likely N-dealkylation sites (tertiary alicyclic amines) is 1. The molecule has 2 aromatic carbocycles. The average molecular weight is 401 g/mol. The number of rotatable bonds is 4. The first kappa shape index (κ1) is 18.6. The molecule has 0 radical (unpaired) electrons. The summed E-state index contributed by atoms with van der Waals surface area (Å²) in [5.74, 6) is -0.123. The molecule has 2 aliphatic heterocycles. The molecule has 0 unspecified atom stereocenters. The predicted molar refractivity (Wildman–Crippen MR) is 103 cm³/mol. The number of sulfonamides is 1. The molecule has 2 aliphatic rings. The van der Waals surface area contributed by atoms with E-state index in [1.807, 2.05) is 6.07 Å². The Morgan fingerprint density at radius 3 is 2.86 bits per heavy atom. The molecule has 8 heteroatoms. The normalized spacial score (nSPS) is 20.0. The second kappa shape index (κ2) is 7.35. The molecule has 2 heterocycles. The molecule has 1 amide bonds. The van der Waals surface area contributed by atoms with Crippen molar-refractivity contribution < 1.29 is 17.6 Å². The summed E-state index contributed by atoms with van der Waals surface area (Å²) in [6.45, 7) is 0.957. The number of nitrogens with one attached hydrogen (secondary N) is 1. The molecule has 4 rings (SSSR count). The van der Waals surface area contributed by atoms with E-state index >= 15 is 0 Å². The summed E-state index contributed by atoms with van der Waals surface area (Å²) in [6.07, 6.45) is 1.94. The summed E-state index contributed by atoms with van der Waals surface area (Å²) >= 11 is 0. The molecular weight excluding hydrogens is 381 g/mol. The van der Waals surface area contributed by atoms with E-state index in [0.717, 1.165) is 12.0 Å². The number of carbonyl (C=O) groups excluding carboxylic acids is 1. The largest absolute Gasteiger partial charge is 0.354 e. The van der Waals surface area contributed by atoms with Crippen molar-refractivity contribution in [3.63, 3.8) is 0 Å². The van der Waals surface area contributed by atoms with Gasteiger partial charge in [-0.2, -0.15) is 8.42 Å². The van der Waals surface area contributed by atoms with E-state index in [1.165, 1.54) is 18.2 Å². The van der Waals surface area contributed by atoms with Crippen molar-refractivity contribution in [3.05, 3.63) is 65.5 Å². The second-order valence-corrected chi connectivity index (χ2v) is 8.48. The highest BCUT2D eigenvalue weighted by Crippen LogP contribution is 2.31. The van der Waals surface area contributed by atoms with Crippen molar-refractivity contribution >= 4 is 21.8 Å². The highest BCUT2D eigenvalue weighted by Gasteiger charge is 2.39. The van der Waals surface area contributed by atoms with Crippen molar-refractivity contribution in [1.82, 2.24) is 10.2 Å². The van der Waals surface area contributed by atoms with Gasteiger partial charge in [-0.1, -0.05) is 24.3 Å². The van der Waals surface area contributed by atoms with Crippen LogP contribution in [0.4, 0.5) is 4.39 Å². The number of nitrogens with zero attached hydrogens (tertiary/aromatic N) is 2. The zero-order valence-corrected chi connectivity index (χ0v) is 16.0. The van der Waals surface area contributed by atoms with Crippen LogP contribution in [-0.2, 0) is 21.2 Å². The highest BCUT2D eigenvalue weighted by molar-refractivity contribution is 7.90. The molecule has 2 aromatic rings. The molecule has 1 atom stereocenters. The Morgan fingerprint density at radius 2 is 2.04 bits per heavy atom. The summed E-state index contributed by atoms with van der Waals surface area (Å²) < 4.78 is 41.8. The molecular formula is C20H20FN3O3S. The number of halogens is 1. The topological polar surface area (TPSA) is 78.8 Å². The van der Waals surface area contributed by atoms with Crippen LogP contribution in [0.25, 0.3) is 0 Å². The van der Waals surface area contributed by atoms with Gasteiger partial charge in [-0.3, -0.25) is 4.79 Å². The third kappa shape index (κ3) is 3.52. The fraction of sp³-hybridized carbons (Fsp3) is 0.300. The van der Waals surface area contributed by atoms with Crippen molar-refractivity contribution in [2.24, 2.45) is 4.40 Å². The van der Waals surface area contributed by atoms with Gasteiger partial charge in [0.15, 0.2) is 5.84 Å². The van der Waals surface area contributed by atoms with E-state index in [-0.39, 0.29) is 16.6 Å². The average Bonchev–Trinajstić information content (AvgIpc) is 3.25. The monoisotopic (exact) mass is 401 g/mol. The van der Waals surface area contributed by atoms with Crippen molar-refractivity contribution in [3.8, 4) is 0 Å². The van der Waals surface area contributed by atoms with Crippen LogP contribution in [0, 0.1) is 5.82 Å². The van der Waals surface area contributed by atoms with E-state index in [1.54, 1.807) is 29.2 Å². The highest BCUT2D eigenvalue weighted by atomic mass is 32.2. The van der Waals surface area contributed by atoms with Crippen molar-refractivity contribution in [2.45, 2.75) is 30.2 Å². The minimum absolute atomic E-state index is 0.168. The lowest BCUT2D eigenvalue weighted by atomic mass is 10.1. The maximum atomic E-state index is 13.3. The lowest BCUT2D eigenvalue weighted by molar-refractivity contribution is -0.124. The van der Waals surface area contributed by atoms with E-state index in [4.69, 9.17) is 0 Å². The van der Waals surface area contributed by atoms with Crippen LogP contribution >= 0.6 is 0 Å². The molecule has 1 saturated heterocycles. The SMILES string of the molecule is O=C(NCCc1cccc(F)c1)[C@@H]1CCCN1C1=NS(=O)(=O)c2ccccc21. The number of amidine groups is 1. The van der Waals surface area contributed by atoms with Crippen LogP contribution < -0.4 is 5.32 Å². The summed E-state index contributed by atoms with van der Waals surface area (Å²) in [5, 5.41) is 2.88. The first-order chi connectivity index (χ1) is 13.5. The molecule has 0 spiro atoms. The van der Waals surface area contributed by atoms with Crippen LogP contribution in [0.1, 0.15) is 24.0 Å². The molecule has 1 fully saturated rings. The first-order valence-corrected chi connectivity index (χ1v) is 10.6. The fourth-order valence-corrected chi connectivity index (χ4v) is 4.95. The molecule has 6 nitrogen and oxygen atoms in total. The second-order valence-electron chi connectivity index (χ2n) is 6.91. The number of hydrogen-bond donors (Lipinski definition) is 1. The van der Waals surface area contributed by atoms with Crippen LogP contribution in [0.3, 0.4) is 0 Å². The van der Waals surface area contributed by atoms with Gasteiger partial charge in [0.25, 0.3) is 10.0 Å². The molecule has 1 N–H and O–H groups in total. The third-order valence-corrected chi connectivity index (χ3v) is 6.37. The zero-order chi connectivity index (χ0) is 19.7. The molecule has 0 saturated carbocycles. The first-order valence-electron chi connectivity index (χ1n) is 9.19. The molecule has 0 aliphatic carbocycles. The van der Waals surface area contributed by atoms with Crippen LogP contribution in [0.5, 0.6) is 0 Å². The summed E-state index contributed by atoms with van der Waals surface area (Å²) in [6, 6.07) is 12.5. The van der Waals surface area contributed by atoms with Crippen LogP contribution in [0.15, 0.2) is 57.8 Å². The summed E-state index contributed by atoms with van der Waals surface area (Å²) in [4.78, 5) is 14.7. The maximum Gasteiger partial charge on any atom is 0.285 e. The van der Waals surface area contributed by atoms with E-state index in [0.29, 0.717) is 37.3 Å². The summed E-state index contributed by atoms with van der Waals surface area (Å²) in [5.41, 5.74) is 1.35. The van der Waals surface area contributed by atoms with Gasteiger partial charge >= 0.3 is 0 Å². The fourth-order valence-electron chi connectivity index (χ4n) is 3.73. The Bertz CT molecular complexity index is 1050. The minimum Gasteiger partial charge on any atom is -0.354 e.